The maximum Gasteiger partial charge on any atom is 0.220 e. The SMILES string of the molecule is Cc1ccc(CCC(=O)NCC(C)(C)CN)cc1. The summed E-state index contributed by atoms with van der Waals surface area (Å²) in [7, 11) is 0. The molecule has 0 saturated carbocycles. The van der Waals surface area contributed by atoms with Gasteiger partial charge in [0.05, 0.1) is 0 Å². The molecule has 3 nitrogen and oxygen atoms in total. The van der Waals surface area contributed by atoms with E-state index in [1.165, 1.54) is 11.1 Å². The zero-order chi connectivity index (χ0) is 13.6. The van der Waals surface area contributed by atoms with Crippen LogP contribution in [0.2, 0.25) is 0 Å². The summed E-state index contributed by atoms with van der Waals surface area (Å²) in [5, 5.41) is 2.94. The molecule has 1 rings (SSSR count). The van der Waals surface area contributed by atoms with Crippen LogP contribution in [0.1, 0.15) is 31.4 Å². The molecule has 0 saturated heterocycles. The van der Waals surface area contributed by atoms with Gasteiger partial charge in [-0.1, -0.05) is 43.7 Å². The maximum absolute atomic E-state index is 11.7. The van der Waals surface area contributed by atoms with Crippen molar-refractivity contribution in [3.05, 3.63) is 35.4 Å². The van der Waals surface area contributed by atoms with Crippen LogP contribution in [-0.2, 0) is 11.2 Å². The first-order valence-electron chi connectivity index (χ1n) is 6.45. The number of rotatable bonds is 6. The Bertz CT molecular complexity index is 382. The normalized spacial score (nSPS) is 11.3. The van der Waals surface area contributed by atoms with Crippen LogP contribution in [0.4, 0.5) is 0 Å². The molecule has 0 unspecified atom stereocenters. The smallest absolute Gasteiger partial charge is 0.220 e. The predicted octanol–water partition coefficient (Wildman–Crippen LogP) is 2.03. The monoisotopic (exact) mass is 248 g/mol. The van der Waals surface area contributed by atoms with E-state index in [-0.39, 0.29) is 11.3 Å². The van der Waals surface area contributed by atoms with Crippen LogP contribution in [-0.4, -0.2) is 19.0 Å². The standard InChI is InChI=1S/C15H24N2O/c1-12-4-6-13(7-5-12)8-9-14(18)17-11-15(2,3)10-16/h4-7H,8-11,16H2,1-3H3,(H,17,18). The Hall–Kier alpha value is -1.35. The number of carbonyl (C=O) groups is 1. The van der Waals surface area contributed by atoms with E-state index in [2.05, 4.69) is 36.5 Å². The lowest BCUT2D eigenvalue weighted by Crippen LogP contribution is -2.38. The van der Waals surface area contributed by atoms with E-state index in [1.807, 2.05) is 13.8 Å². The van der Waals surface area contributed by atoms with Crippen molar-refractivity contribution in [3.8, 4) is 0 Å². The molecule has 3 heteroatoms. The molecule has 100 valence electrons. The molecule has 0 atom stereocenters. The lowest BCUT2D eigenvalue weighted by Gasteiger charge is -2.22. The highest BCUT2D eigenvalue weighted by atomic mass is 16.1. The third-order valence-corrected chi connectivity index (χ3v) is 3.08. The zero-order valence-electron chi connectivity index (χ0n) is 11.6. The summed E-state index contributed by atoms with van der Waals surface area (Å²) in [5.41, 5.74) is 8.04. The number of benzene rings is 1. The first-order chi connectivity index (χ1) is 8.43. The van der Waals surface area contributed by atoms with E-state index in [9.17, 15) is 4.79 Å². The summed E-state index contributed by atoms with van der Waals surface area (Å²) in [4.78, 5) is 11.7. The van der Waals surface area contributed by atoms with Crippen LogP contribution >= 0.6 is 0 Å². The third kappa shape index (κ3) is 5.32. The number of carbonyl (C=O) groups excluding carboxylic acids is 1. The molecule has 18 heavy (non-hydrogen) atoms. The predicted molar refractivity (Wildman–Crippen MR) is 75.3 cm³/mol. The molecule has 0 heterocycles. The molecular formula is C15H24N2O. The summed E-state index contributed by atoms with van der Waals surface area (Å²) in [6.45, 7) is 7.37. The van der Waals surface area contributed by atoms with Crippen molar-refractivity contribution in [2.24, 2.45) is 11.1 Å². The quantitative estimate of drug-likeness (QED) is 0.809. The molecule has 0 aromatic heterocycles. The van der Waals surface area contributed by atoms with Gasteiger partial charge in [0.2, 0.25) is 5.91 Å². The van der Waals surface area contributed by atoms with Crippen molar-refractivity contribution in [1.29, 1.82) is 0 Å². The highest BCUT2D eigenvalue weighted by molar-refractivity contribution is 5.76. The summed E-state index contributed by atoms with van der Waals surface area (Å²) in [6.07, 6.45) is 1.32. The molecule has 0 radical (unpaired) electrons. The minimum absolute atomic E-state index is 0.0283. The molecular weight excluding hydrogens is 224 g/mol. The molecule has 0 bridgehead atoms. The van der Waals surface area contributed by atoms with Gasteiger partial charge in [-0.05, 0) is 30.9 Å². The van der Waals surface area contributed by atoms with Crippen LogP contribution < -0.4 is 11.1 Å². The largest absolute Gasteiger partial charge is 0.356 e. The molecule has 3 N–H and O–H groups in total. The van der Waals surface area contributed by atoms with Crippen molar-refractivity contribution >= 4 is 5.91 Å². The van der Waals surface area contributed by atoms with Gasteiger partial charge < -0.3 is 11.1 Å². The Labute approximate surface area is 110 Å². The minimum Gasteiger partial charge on any atom is -0.356 e. The fourth-order valence-corrected chi connectivity index (χ4v) is 1.51. The highest BCUT2D eigenvalue weighted by Gasteiger charge is 2.16. The molecule has 0 fully saturated rings. The van der Waals surface area contributed by atoms with Gasteiger partial charge in [-0.2, -0.15) is 0 Å². The van der Waals surface area contributed by atoms with Gasteiger partial charge in [0.15, 0.2) is 0 Å². The second-order valence-corrected chi connectivity index (χ2v) is 5.63. The summed E-state index contributed by atoms with van der Waals surface area (Å²) in [6, 6.07) is 8.30. The molecule has 0 spiro atoms. The van der Waals surface area contributed by atoms with Crippen molar-refractivity contribution in [1.82, 2.24) is 5.32 Å². The molecule has 1 aromatic rings. The lowest BCUT2D eigenvalue weighted by atomic mass is 9.94. The topological polar surface area (TPSA) is 55.1 Å². The van der Waals surface area contributed by atoms with Crippen LogP contribution in [0, 0.1) is 12.3 Å². The molecule has 1 amide bonds. The van der Waals surface area contributed by atoms with Gasteiger partial charge in [-0.15, -0.1) is 0 Å². The van der Waals surface area contributed by atoms with Gasteiger partial charge >= 0.3 is 0 Å². The number of amides is 1. The van der Waals surface area contributed by atoms with E-state index < -0.39 is 0 Å². The van der Waals surface area contributed by atoms with E-state index in [0.29, 0.717) is 19.5 Å². The maximum atomic E-state index is 11.7. The van der Waals surface area contributed by atoms with Crippen molar-refractivity contribution in [2.45, 2.75) is 33.6 Å². The Morgan fingerprint density at radius 1 is 1.28 bits per heavy atom. The fraction of sp³-hybridized carbons (Fsp3) is 0.533. The van der Waals surface area contributed by atoms with E-state index in [1.54, 1.807) is 0 Å². The van der Waals surface area contributed by atoms with Gasteiger partial charge in [0.1, 0.15) is 0 Å². The van der Waals surface area contributed by atoms with Gasteiger partial charge in [0.25, 0.3) is 0 Å². The number of hydrogen-bond donors (Lipinski definition) is 2. The Morgan fingerprint density at radius 2 is 1.89 bits per heavy atom. The zero-order valence-corrected chi connectivity index (χ0v) is 11.6. The molecule has 0 aliphatic carbocycles. The molecule has 0 aliphatic rings. The van der Waals surface area contributed by atoms with E-state index in [4.69, 9.17) is 5.73 Å². The average molecular weight is 248 g/mol. The van der Waals surface area contributed by atoms with Crippen LogP contribution in [0.25, 0.3) is 0 Å². The first-order valence-corrected chi connectivity index (χ1v) is 6.45. The second-order valence-electron chi connectivity index (χ2n) is 5.63. The van der Waals surface area contributed by atoms with Crippen LogP contribution in [0.3, 0.4) is 0 Å². The second kappa shape index (κ2) is 6.55. The number of aryl methyl sites for hydroxylation is 2. The average Bonchev–Trinajstić information content (AvgIpc) is 2.36. The van der Waals surface area contributed by atoms with E-state index in [0.717, 1.165) is 6.42 Å². The van der Waals surface area contributed by atoms with Gasteiger partial charge in [-0.3, -0.25) is 4.79 Å². The first kappa shape index (κ1) is 14.7. The van der Waals surface area contributed by atoms with Gasteiger partial charge in [0, 0.05) is 13.0 Å². The Morgan fingerprint density at radius 3 is 2.44 bits per heavy atom. The minimum atomic E-state index is -0.0283. The Balaban J connectivity index is 2.31. The Kier molecular flexibility index (Phi) is 5.35. The summed E-state index contributed by atoms with van der Waals surface area (Å²) < 4.78 is 0. The number of hydrogen-bond acceptors (Lipinski definition) is 2. The fourth-order valence-electron chi connectivity index (χ4n) is 1.51. The van der Waals surface area contributed by atoms with Crippen molar-refractivity contribution in [2.75, 3.05) is 13.1 Å². The lowest BCUT2D eigenvalue weighted by molar-refractivity contribution is -0.121. The molecule has 1 aromatic carbocycles. The number of nitrogens with two attached hydrogens (primary N) is 1. The summed E-state index contributed by atoms with van der Waals surface area (Å²) in [5.74, 6) is 0.0945. The molecule has 0 aliphatic heterocycles. The third-order valence-electron chi connectivity index (χ3n) is 3.08. The van der Waals surface area contributed by atoms with Crippen LogP contribution in [0.15, 0.2) is 24.3 Å². The highest BCUT2D eigenvalue weighted by Crippen LogP contribution is 2.10. The van der Waals surface area contributed by atoms with Crippen molar-refractivity contribution < 1.29 is 4.79 Å². The van der Waals surface area contributed by atoms with Gasteiger partial charge in [-0.25, -0.2) is 0 Å². The number of nitrogens with one attached hydrogen (secondary N) is 1. The summed E-state index contributed by atoms with van der Waals surface area (Å²) >= 11 is 0. The van der Waals surface area contributed by atoms with Crippen LogP contribution in [0.5, 0.6) is 0 Å². The van der Waals surface area contributed by atoms with Crippen molar-refractivity contribution in [3.63, 3.8) is 0 Å². The van der Waals surface area contributed by atoms with E-state index >= 15 is 0 Å².